The lowest BCUT2D eigenvalue weighted by atomic mass is 9.94. The number of aromatic nitrogens is 1. The SMILES string of the molecule is Ic1cc2c(s1)CCCC2NCCc1cscn1. The fourth-order valence-electron chi connectivity index (χ4n) is 2.47. The van der Waals surface area contributed by atoms with Crippen LogP contribution >= 0.6 is 45.3 Å². The Balaban J connectivity index is 1.60. The zero-order valence-electron chi connectivity index (χ0n) is 9.99. The minimum Gasteiger partial charge on any atom is -0.310 e. The summed E-state index contributed by atoms with van der Waals surface area (Å²) >= 11 is 6.08. The highest BCUT2D eigenvalue weighted by atomic mass is 127. The van der Waals surface area contributed by atoms with E-state index in [9.17, 15) is 0 Å². The summed E-state index contributed by atoms with van der Waals surface area (Å²) in [6.45, 7) is 1.03. The molecule has 0 saturated heterocycles. The van der Waals surface area contributed by atoms with Crippen molar-refractivity contribution in [1.82, 2.24) is 10.3 Å². The Hall–Kier alpha value is 0.0200. The summed E-state index contributed by atoms with van der Waals surface area (Å²) in [7, 11) is 0. The van der Waals surface area contributed by atoms with E-state index in [-0.39, 0.29) is 0 Å². The Morgan fingerprint density at radius 3 is 3.28 bits per heavy atom. The van der Waals surface area contributed by atoms with Crippen molar-refractivity contribution in [3.05, 3.63) is 36.0 Å². The van der Waals surface area contributed by atoms with E-state index < -0.39 is 0 Å². The van der Waals surface area contributed by atoms with E-state index in [0.29, 0.717) is 6.04 Å². The van der Waals surface area contributed by atoms with Crippen molar-refractivity contribution < 1.29 is 0 Å². The second-order valence-corrected chi connectivity index (χ2v) is 8.31. The molecule has 18 heavy (non-hydrogen) atoms. The predicted octanol–water partition coefficient (Wildman–Crippen LogP) is 4.02. The topological polar surface area (TPSA) is 24.9 Å². The lowest BCUT2D eigenvalue weighted by Gasteiger charge is -2.23. The molecule has 96 valence electrons. The summed E-state index contributed by atoms with van der Waals surface area (Å²) < 4.78 is 1.42. The zero-order valence-corrected chi connectivity index (χ0v) is 13.8. The Morgan fingerprint density at radius 1 is 1.50 bits per heavy atom. The van der Waals surface area contributed by atoms with E-state index in [1.807, 2.05) is 16.8 Å². The average molecular weight is 390 g/mol. The van der Waals surface area contributed by atoms with Crippen LogP contribution in [0.1, 0.15) is 35.0 Å². The van der Waals surface area contributed by atoms with Gasteiger partial charge in [0.25, 0.3) is 0 Å². The summed E-state index contributed by atoms with van der Waals surface area (Å²) in [5.74, 6) is 0. The Bertz CT molecular complexity index is 507. The first-order valence-corrected chi connectivity index (χ1v) is 9.05. The number of aryl methyl sites for hydroxylation is 1. The molecule has 1 aliphatic carbocycles. The predicted molar refractivity (Wildman–Crippen MR) is 86.5 cm³/mol. The summed E-state index contributed by atoms with van der Waals surface area (Å²) in [6.07, 6.45) is 4.90. The number of nitrogens with zero attached hydrogens (tertiary/aromatic N) is 1. The monoisotopic (exact) mass is 390 g/mol. The van der Waals surface area contributed by atoms with Crippen LogP contribution in [0.5, 0.6) is 0 Å². The van der Waals surface area contributed by atoms with Gasteiger partial charge >= 0.3 is 0 Å². The van der Waals surface area contributed by atoms with Crippen LogP contribution in [0.3, 0.4) is 0 Å². The van der Waals surface area contributed by atoms with Crippen LogP contribution in [0.25, 0.3) is 0 Å². The third-order valence-electron chi connectivity index (χ3n) is 3.34. The van der Waals surface area contributed by atoms with Crippen molar-refractivity contribution in [1.29, 1.82) is 0 Å². The van der Waals surface area contributed by atoms with E-state index in [1.54, 1.807) is 21.8 Å². The van der Waals surface area contributed by atoms with Crippen LogP contribution in [0.4, 0.5) is 0 Å². The Labute approximate surface area is 129 Å². The van der Waals surface area contributed by atoms with Gasteiger partial charge in [0.2, 0.25) is 0 Å². The molecular formula is C13H15IN2S2. The Morgan fingerprint density at radius 2 is 2.44 bits per heavy atom. The largest absolute Gasteiger partial charge is 0.310 e. The third-order valence-corrected chi connectivity index (χ3v) is 5.95. The molecule has 1 aliphatic rings. The molecule has 0 bridgehead atoms. The maximum atomic E-state index is 4.33. The van der Waals surface area contributed by atoms with Crippen LogP contribution in [0.15, 0.2) is 17.0 Å². The molecule has 0 amide bonds. The first kappa shape index (κ1) is 13.0. The van der Waals surface area contributed by atoms with Gasteiger partial charge in [0.1, 0.15) is 0 Å². The van der Waals surface area contributed by atoms with E-state index in [1.165, 1.54) is 27.8 Å². The molecule has 2 aromatic heterocycles. The smallest absolute Gasteiger partial charge is 0.0794 e. The fourth-order valence-corrected chi connectivity index (χ4v) is 5.18. The molecule has 0 aliphatic heterocycles. The van der Waals surface area contributed by atoms with Gasteiger partial charge in [-0.25, -0.2) is 4.98 Å². The van der Waals surface area contributed by atoms with Gasteiger partial charge in [-0.05, 0) is 53.5 Å². The Kier molecular flexibility index (Phi) is 4.33. The van der Waals surface area contributed by atoms with Gasteiger partial charge < -0.3 is 5.32 Å². The van der Waals surface area contributed by atoms with Crippen molar-refractivity contribution in [2.75, 3.05) is 6.54 Å². The molecular weight excluding hydrogens is 375 g/mol. The molecule has 2 nitrogen and oxygen atoms in total. The minimum atomic E-state index is 0.562. The molecule has 0 radical (unpaired) electrons. The van der Waals surface area contributed by atoms with Crippen molar-refractivity contribution >= 4 is 45.3 Å². The summed E-state index contributed by atoms with van der Waals surface area (Å²) in [5, 5.41) is 5.84. The number of hydrogen-bond acceptors (Lipinski definition) is 4. The van der Waals surface area contributed by atoms with E-state index in [0.717, 1.165) is 13.0 Å². The fraction of sp³-hybridized carbons (Fsp3) is 0.462. The standard InChI is InChI=1S/C13H15IN2S2/c14-13-6-10-11(2-1-3-12(10)18-13)15-5-4-9-7-17-8-16-9/h6-8,11,15H,1-5H2. The van der Waals surface area contributed by atoms with Crippen LogP contribution in [0, 0.1) is 2.88 Å². The molecule has 5 heteroatoms. The highest BCUT2D eigenvalue weighted by Crippen LogP contribution is 2.36. The van der Waals surface area contributed by atoms with Gasteiger partial charge in [0, 0.05) is 29.3 Å². The number of rotatable bonds is 4. The average Bonchev–Trinajstić information content (AvgIpc) is 2.97. The highest BCUT2D eigenvalue weighted by molar-refractivity contribution is 14.1. The van der Waals surface area contributed by atoms with Crippen LogP contribution in [-0.4, -0.2) is 11.5 Å². The third kappa shape index (κ3) is 2.95. The molecule has 0 spiro atoms. The lowest BCUT2D eigenvalue weighted by molar-refractivity contribution is 0.466. The first-order valence-electron chi connectivity index (χ1n) is 6.21. The number of fused-ring (bicyclic) bond motifs is 1. The maximum absolute atomic E-state index is 4.33. The maximum Gasteiger partial charge on any atom is 0.0794 e. The van der Waals surface area contributed by atoms with Crippen molar-refractivity contribution in [2.45, 2.75) is 31.7 Å². The number of nitrogens with one attached hydrogen (secondary N) is 1. The quantitative estimate of drug-likeness (QED) is 0.798. The van der Waals surface area contributed by atoms with Crippen LogP contribution in [0.2, 0.25) is 0 Å². The first-order chi connectivity index (χ1) is 8.83. The number of thiophene rings is 1. The van der Waals surface area contributed by atoms with Gasteiger partial charge in [-0.3, -0.25) is 0 Å². The van der Waals surface area contributed by atoms with E-state index >= 15 is 0 Å². The van der Waals surface area contributed by atoms with E-state index in [2.05, 4.69) is 44.3 Å². The number of thiazole rings is 1. The molecule has 0 aromatic carbocycles. The van der Waals surface area contributed by atoms with Gasteiger partial charge in [-0.2, -0.15) is 0 Å². The minimum absolute atomic E-state index is 0.562. The molecule has 3 rings (SSSR count). The normalized spacial score (nSPS) is 18.8. The number of halogens is 1. The number of hydrogen-bond donors (Lipinski definition) is 1. The molecule has 2 heterocycles. The summed E-state index contributed by atoms with van der Waals surface area (Å²) in [6, 6.07) is 2.92. The second-order valence-electron chi connectivity index (χ2n) is 4.56. The summed E-state index contributed by atoms with van der Waals surface area (Å²) in [4.78, 5) is 5.92. The van der Waals surface area contributed by atoms with E-state index in [4.69, 9.17) is 0 Å². The van der Waals surface area contributed by atoms with Gasteiger partial charge in [-0.15, -0.1) is 22.7 Å². The van der Waals surface area contributed by atoms with Gasteiger partial charge in [0.05, 0.1) is 14.1 Å². The lowest BCUT2D eigenvalue weighted by Crippen LogP contribution is -2.26. The van der Waals surface area contributed by atoms with Gasteiger partial charge in [0.15, 0.2) is 0 Å². The van der Waals surface area contributed by atoms with Crippen LogP contribution in [-0.2, 0) is 12.8 Å². The van der Waals surface area contributed by atoms with Crippen molar-refractivity contribution in [3.8, 4) is 0 Å². The molecule has 1 N–H and O–H groups in total. The highest BCUT2D eigenvalue weighted by Gasteiger charge is 2.21. The summed E-state index contributed by atoms with van der Waals surface area (Å²) in [5.41, 5.74) is 4.67. The van der Waals surface area contributed by atoms with Crippen LogP contribution < -0.4 is 5.32 Å². The second kappa shape index (κ2) is 5.98. The van der Waals surface area contributed by atoms with Crippen molar-refractivity contribution in [2.24, 2.45) is 0 Å². The molecule has 2 aromatic rings. The zero-order chi connectivity index (χ0) is 12.4. The van der Waals surface area contributed by atoms with Gasteiger partial charge in [-0.1, -0.05) is 0 Å². The molecule has 1 unspecified atom stereocenters. The molecule has 1 atom stereocenters. The molecule has 0 saturated carbocycles. The molecule has 0 fully saturated rings. The van der Waals surface area contributed by atoms with Crippen molar-refractivity contribution in [3.63, 3.8) is 0 Å².